The Morgan fingerprint density at radius 3 is 2.44 bits per heavy atom. The highest BCUT2D eigenvalue weighted by molar-refractivity contribution is 5.94. The number of methoxy groups -OCH3 is 1. The number of amides is 1. The fraction of sp³-hybridized carbons (Fsp3) is 0.462. The largest absolute Gasteiger partial charge is 0.465 e. The van der Waals surface area contributed by atoms with E-state index in [-0.39, 0.29) is 11.9 Å². The van der Waals surface area contributed by atoms with E-state index >= 15 is 0 Å². The fourth-order valence-corrected chi connectivity index (χ4v) is 1.52. The van der Waals surface area contributed by atoms with Crippen LogP contribution in [0.1, 0.15) is 47.5 Å². The minimum Gasteiger partial charge on any atom is -0.465 e. The average molecular weight is 250 g/mol. The highest BCUT2D eigenvalue weighted by atomic mass is 16.5. The van der Waals surface area contributed by atoms with Crippen molar-refractivity contribution in [1.82, 2.24) is 10.3 Å². The predicted octanol–water partition coefficient (Wildman–Crippen LogP) is 1.79. The lowest BCUT2D eigenvalue weighted by Gasteiger charge is -2.14. The summed E-state index contributed by atoms with van der Waals surface area (Å²) in [6, 6.07) is 3.20. The Kier molecular flexibility index (Phi) is 5.30. The topological polar surface area (TPSA) is 68.3 Å². The molecular formula is C13H18N2O3. The van der Waals surface area contributed by atoms with Crippen LogP contribution in [0.15, 0.2) is 18.3 Å². The van der Waals surface area contributed by atoms with Gasteiger partial charge in [-0.2, -0.15) is 0 Å². The Labute approximate surface area is 107 Å². The van der Waals surface area contributed by atoms with Crippen LogP contribution in [-0.4, -0.2) is 30.0 Å². The van der Waals surface area contributed by atoms with Gasteiger partial charge in [0, 0.05) is 12.2 Å². The van der Waals surface area contributed by atoms with Crippen LogP contribution in [-0.2, 0) is 4.74 Å². The second-order valence-electron chi connectivity index (χ2n) is 3.91. The monoisotopic (exact) mass is 250 g/mol. The number of esters is 1. The number of aromatic nitrogens is 1. The number of carbonyl (C=O) groups excluding carboxylic acids is 2. The van der Waals surface area contributed by atoms with Crippen LogP contribution in [0.5, 0.6) is 0 Å². The van der Waals surface area contributed by atoms with Crippen molar-refractivity contribution in [3.8, 4) is 0 Å². The fourth-order valence-electron chi connectivity index (χ4n) is 1.52. The van der Waals surface area contributed by atoms with Gasteiger partial charge >= 0.3 is 5.97 Å². The third-order valence-corrected chi connectivity index (χ3v) is 2.74. The molecule has 0 aliphatic carbocycles. The molecule has 5 nitrogen and oxygen atoms in total. The van der Waals surface area contributed by atoms with E-state index in [1.165, 1.54) is 25.4 Å². The standard InChI is InChI=1S/C13H18N2O3/c1-4-10(5-2)15-12(16)11-7-6-9(8-14-11)13(17)18-3/h6-8,10H,4-5H2,1-3H3,(H,15,16). The van der Waals surface area contributed by atoms with E-state index in [2.05, 4.69) is 15.0 Å². The molecule has 98 valence electrons. The quantitative estimate of drug-likeness (QED) is 0.809. The number of ether oxygens (including phenoxy) is 1. The van der Waals surface area contributed by atoms with Crippen LogP contribution in [0.2, 0.25) is 0 Å². The van der Waals surface area contributed by atoms with E-state index in [0.29, 0.717) is 11.3 Å². The molecule has 0 saturated heterocycles. The van der Waals surface area contributed by atoms with Gasteiger partial charge in [-0.1, -0.05) is 13.8 Å². The zero-order chi connectivity index (χ0) is 13.5. The Bertz CT molecular complexity index is 411. The van der Waals surface area contributed by atoms with Crippen LogP contribution < -0.4 is 5.32 Å². The van der Waals surface area contributed by atoms with Gasteiger partial charge in [0.15, 0.2) is 0 Å². The van der Waals surface area contributed by atoms with E-state index in [1.807, 2.05) is 13.8 Å². The summed E-state index contributed by atoms with van der Waals surface area (Å²) in [7, 11) is 1.30. The minimum absolute atomic E-state index is 0.152. The van der Waals surface area contributed by atoms with Crippen molar-refractivity contribution in [2.24, 2.45) is 0 Å². The molecule has 0 aliphatic rings. The molecule has 1 aromatic heterocycles. The van der Waals surface area contributed by atoms with Crippen molar-refractivity contribution in [2.75, 3.05) is 7.11 Å². The first-order valence-corrected chi connectivity index (χ1v) is 5.97. The molecular weight excluding hydrogens is 232 g/mol. The molecule has 1 heterocycles. The van der Waals surface area contributed by atoms with Gasteiger partial charge in [0.2, 0.25) is 0 Å². The molecule has 1 amide bonds. The molecule has 0 aromatic carbocycles. The smallest absolute Gasteiger partial charge is 0.339 e. The zero-order valence-electron chi connectivity index (χ0n) is 10.9. The maximum Gasteiger partial charge on any atom is 0.339 e. The van der Waals surface area contributed by atoms with Crippen molar-refractivity contribution >= 4 is 11.9 Å². The highest BCUT2D eigenvalue weighted by Gasteiger charge is 2.13. The summed E-state index contributed by atoms with van der Waals surface area (Å²) >= 11 is 0. The number of hydrogen-bond acceptors (Lipinski definition) is 4. The van der Waals surface area contributed by atoms with Crippen LogP contribution >= 0.6 is 0 Å². The molecule has 0 bridgehead atoms. The number of rotatable bonds is 5. The highest BCUT2D eigenvalue weighted by Crippen LogP contribution is 2.04. The number of carbonyl (C=O) groups is 2. The van der Waals surface area contributed by atoms with Crippen LogP contribution in [0, 0.1) is 0 Å². The van der Waals surface area contributed by atoms with E-state index in [0.717, 1.165) is 12.8 Å². The second-order valence-corrected chi connectivity index (χ2v) is 3.91. The molecule has 0 spiro atoms. The van der Waals surface area contributed by atoms with Crippen molar-refractivity contribution < 1.29 is 14.3 Å². The third-order valence-electron chi connectivity index (χ3n) is 2.74. The lowest BCUT2D eigenvalue weighted by molar-refractivity contribution is 0.0599. The summed E-state index contributed by atoms with van der Waals surface area (Å²) in [5.74, 6) is -0.686. The average Bonchev–Trinajstić information content (AvgIpc) is 2.43. The summed E-state index contributed by atoms with van der Waals surface area (Å²) in [6.07, 6.45) is 3.10. The van der Waals surface area contributed by atoms with Crippen LogP contribution in [0.4, 0.5) is 0 Å². The van der Waals surface area contributed by atoms with Gasteiger partial charge in [-0.3, -0.25) is 9.78 Å². The van der Waals surface area contributed by atoms with Crippen LogP contribution in [0.3, 0.4) is 0 Å². The Hall–Kier alpha value is -1.91. The van der Waals surface area contributed by atoms with Gasteiger partial charge < -0.3 is 10.1 Å². The first-order valence-electron chi connectivity index (χ1n) is 5.97. The Morgan fingerprint density at radius 2 is 2.00 bits per heavy atom. The molecule has 5 heteroatoms. The maximum absolute atomic E-state index is 11.8. The maximum atomic E-state index is 11.8. The lowest BCUT2D eigenvalue weighted by atomic mass is 10.1. The molecule has 0 unspecified atom stereocenters. The second kappa shape index (κ2) is 6.74. The summed E-state index contributed by atoms with van der Waals surface area (Å²) < 4.78 is 4.56. The molecule has 0 radical (unpaired) electrons. The van der Waals surface area contributed by atoms with Crippen molar-refractivity contribution in [1.29, 1.82) is 0 Å². The van der Waals surface area contributed by atoms with Gasteiger partial charge in [-0.15, -0.1) is 0 Å². The van der Waals surface area contributed by atoms with Crippen LogP contribution in [0.25, 0.3) is 0 Å². The SMILES string of the molecule is CCC(CC)NC(=O)c1ccc(C(=O)OC)cn1. The van der Waals surface area contributed by atoms with E-state index in [4.69, 9.17) is 0 Å². The van der Waals surface area contributed by atoms with Gasteiger partial charge in [0.1, 0.15) is 5.69 Å². The Balaban J connectivity index is 2.73. The van der Waals surface area contributed by atoms with E-state index in [9.17, 15) is 9.59 Å². The summed E-state index contributed by atoms with van der Waals surface area (Å²) in [4.78, 5) is 27.0. The van der Waals surface area contributed by atoms with Gasteiger partial charge in [-0.25, -0.2) is 4.79 Å². The minimum atomic E-state index is -0.463. The summed E-state index contributed by atoms with van der Waals surface area (Å²) in [6.45, 7) is 4.03. The molecule has 1 rings (SSSR count). The molecule has 0 fully saturated rings. The number of nitrogens with one attached hydrogen (secondary N) is 1. The van der Waals surface area contributed by atoms with Crippen molar-refractivity contribution in [2.45, 2.75) is 32.7 Å². The zero-order valence-corrected chi connectivity index (χ0v) is 10.9. The Morgan fingerprint density at radius 1 is 1.33 bits per heavy atom. The predicted molar refractivity (Wildman–Crippen MR) is 67.4 cm³/mol. The first kappa shape index (κ1) is 14.2. The number of pyridine rings is 1. The molecule has 0 aliphatic heterocycles. The van der Waals surface area contributed by atoms with E-state index < -0.39 is 5.97 Å². The molecule has 0 atom stereocenters. The van der Waals surface area contributed by atoms with Gasteiger partial charge in [-0.05, 0) is 25.0 Å². The third kappa shape index (κ3) is 3.55. The molecule has 1 N–H and O–H groups in total. The first-order chi connectivity index (χ1) is 8.62. The van der Waals surface area contributed by atoms with Crippen molar-refractivity contribution in [3.63, 3.8) is 0 Å². The van der Waals surface area contributed by atoms with Gasteiger partial charge in [0.25, 0.3) is 5.91 Å². The number of nitrogens with zero attached hydrogens (tertiary/aromatic N) is 1. The van der Waals surface area contributed by atoms with E-state index in [1.54, 1.807) is 0 Å². The summed E-state index contributed by atoms with van der Waals surface area (Å²) in [5, 5.41) is 2.88. The normalized spacial score (nSPS) is 10.2. The summed E-state index contributed by atoms with van der Waals surface area (Å²) in [5.41, 5.74) is 0.631. The van der Waals surface area contributed by atoms with Crippen molar-refractivity contribution in [3.05, 3.63) is 29.6 Å². The lowest BCUT2D eigenvalue weighted by Crippen LogP contribution is -2.34. The molecule has 1 aromatic rings. The van der Waals surface area contributed by atoms with Gasteiger partial charge in [0.05, 0.1) is 12.7 Å². The molecule has 0 saturated carbocycles. The molecule has 18 heavy (non-hydrogen) atoms. The number of hydrogen-bond donors (Lipinski definition) is 1.